The van der Waals surface area contributed by atoms with Gasteiger partial charge in [0.1, 0.15) is 5.75 Å². The summed E-state index contributed by atoms with van der Waals surface area (Å²) in [5.74, 6) is 2.41. The molecule has 0 bridgehead atoms. The quantitative estimate of drug-likeness (QED) is 0.849. The molecule has 0 saturated heterocycles. The molecule has 0 aliphatic carbocycles. The summed E-state index contributed by atoms with van der Waals surface area (Å²) in [6.45, 7) is 4.24. The number of rotatable bonds is 7. The molecule has 0 aliphatic rings. The first-order chi connectivity index (χ1) is 10.2. The van der Waals surface area contributed by atoms with Crippen LogP contribution in [0.2, 0.25) is 0 Å². The van der Waals surface area contributed by atoms with Crippen LogP contribution in [0.25, 0.3) is 0 Å². The third-order valence-electron chi connectivity index (χ3n) is 3.83. The van der Waals surface area contributed by atoms with Crippen molar-refractivity contribution in [3.05, 3.63) is 41.5 Å². The second kappa shape index (κ2) is 7.22. The highest BCUT2D eigenvalue weighted by atomic mass is 16.5. The van der Waals surface area contributed by atoms with Gasteiger partial charge in [0, 0.05) is 18.0 Å². The van der Waals surface area contributed by atoms with Gasteiger partial charge >= 0.3 is 0 Å². The Balaban J connectivity index is 2.13. The minimum absolute atomic E-state index is 0.193. The number of aromatic nitrogens is 2. The lowest BCUT2D eigenvalue weighted by Gasteiger charge is -2.18. The smallest absolute Gasteiger partial charge is 0.231 e. The van der Waals surface area contributed by atoms with Crippen molar-refractivity contribution in [3.63, 3.8) is 0 Å². The summed E-state index contributed by atoms with van der Waals surface area (Å²) in [5, 5.41) is 7.37. The summed E-state index contributed by atoms with van der Waals surface area (Å²) in [6.07, 6.45) is 1.62. The standard InChI is InChI=1S/C16H23N3O2/c1-5-13(17-3)11(2)16-18-15(19-21-16)10-12-8-6-7-9-14(12)20-4/h6-9,11,13,17H,5,10H2,1-4H3. The predicted molar refractivity (Wildman–Crippen MR) is 81.7 cm³/mol. The number of likely N-dealkylation sites (N-methyl/N-ethyl adjacent to an activating group) is 1. The first-order valence-corrected chi connectivity index (χ1v) is 7.31. The Hall–Kier alpha value is -1.88. The number of methoxy groups -OCH3 is 1. The Bertz CT molecular complexity index is 564. The summed E-state index contributed by atoms with van der Waals surface area (Å²) in [4.78, 5) is 4.52. The lowest BCUT2D eigenvalue weighted by Crippen LogP contribution is -2.30. The SMILES string of the molecule is CCC(NC)C(C)c1nc(Cc2ccccc2OC)no1. The molecule has 2 aromatic rings. The number of benzene rings is 1. The molecule has 1 N–H and O–H groups in total. The van der Waals surface area contributed by atoms with E-state index >= 15 is 0 Å². The van der Waals surface area contributed by atoms with Crippen LogP contribution < -0.4 is 10.1 Å². The summed E-state index contributed by atoms with van der Waals surface area (Å²) in [7, 11) is 3.62. The minimum Gasteiger partial charge on any atom is -0.496 e. The van der Waals surface area contributed by atoms with Crippen molar-refractivity contribution in [2.45, 2.75) is 38.6 Å². The van der Waals surface area contributed by atoms with E-state index in [0.29, 0.717) is 24.2 Å². The van der Waals surface area contributed by atoms with Crippen LogP contribution in [0.3, 0.4) is 0 Å². The molecule has 5 heteroatoms. The van der Waals surface area contributed by atoms with Gasteiger partial charge < -0.3 is 14.6 Å². The number of para-hydroxylation sites is 1. The van der Waals surface area contributed by atoms with Gasteiger partial charge in [-0.1, -0.05) is 37.2 Å². The molecule has 1 aromatic heterocycles. The third-order valence-corrected chi connectivity index (χ3v) is 3.83. The molecule has 2 atom stereocenters. The molecule has 21 heavy (non-hydrogen) atoms. The van der Waals surface area contributed by atoms with Crippen molar-refractivity contribution < 1.29 is 9.26 Å². The van der Waals surface area contributed by atoms with Crippen LogP contribution >= 0.6 is 0 Å². The Morgan fingerprint density at radius 1 is 1.33 bits per heavy atom. The Kier molecular flexibility index (Phi) is 5.33. The lowest BCUT2D eigenvalue weighted by molar-refractivity contribution is 0.324. The highest BCUT2D eigenvalue weighted by Gasteiger charge is 2.21. The first kappa shape index (κ1) is 15.5. The van der Waals surface area contributed by atoms with Crippen LogP contribution in [0.4, 0.5) is 0 Å². The maximum absolute atomic E-state index is 5.41. The molecule has 1 aromatic carbocycles. The number of nitrogens with one attached hydrogen (secondary N) is 1. The number of nitrogens with zero attached hydrogens (tertiary/aromatic N) is 2. The van der Waals surface area contributed by atoms with E-state index in [1.165, 1.54) is 0 Å². The largest absolute Gasteiger partial charge is 0.496 e. The van der Waals surface area contributed by atoms with Crippen LogP contribution in [0, 0.1) is 0 Å². The Morgan fingerprint density at radius 3 is 2.76 bits per heavy atom. The van der Waals surface area contributed by atoms with Crippen LogP contribution in [0.5, 0.6) is 5.75 Å². The van der Waals surface area contributed by atoms with Gasteiger partial charge in [0.2, 0.25) is 5.89 Å². The molecular formula is C16H23N3O2. The molecule has 0 spiro atoms. The number of ether oxygens (including phenoxy) is 1. The molecule has 2 unspecified atom stereocenters. The van der Waals surface area contributed by atoms with Gasteiger partial charge in [0.25, 0.3) is 0 Å². The topological polar surface area (TPSA) is 60.2 Å². The summed E-state index contributed by atoms with van der Waals surface area (Å²) in [5.41, 5.74) is 1.06. The van der Waals surface area contributed by atoms with Crippen LogP contribution in [0.1, 0.15) is 43.5 Å². The molecule has 1 heterocycles. The van der Waals surface area contributed by atoms with Gasteiger partial charge in [0.15, 0.2) is 5.82 Å². The van der Waals surface area contributed by atoms with E-state index in [9.17, 15) is 0 Å². The molecular weight excluding hydrogens is 266 g/mol. The zero-order chi connectivity index (χ0) is 15.2. The van der Waals surface area contributed by atoms with Gasteiger partial charge in [-0.15, -0.1) is 0 Å². The maximum atomic E-state index is 5.41. The molecule has 5 nitrogen and oxygen atoms in total. The fourth-order valence-electron chi connectivity index (χ4n) is 2.52. The number of hydrogen-bond acceptors (Lipinski definition) is 5. The maximum Gasteiger partial charge on any atom is 0.231 e. The summed E-state index contributed by atoms with van der Waals surface area (Å²) >= 11 is 0. The average molecular weight is 289 g/mol. The average Bonchev–Trinajstić information content (AvgIpc) is 2.97. The highest BCUT2D eigenvalue weighted by Crippen LogP contribution is 2.22. The van der Waals surface area contributed by atoms with Crippen LogP contribution in [0.15, 0.2) is 28.8 Å². The van der Waals surface area contributed by atoms with E-state index in [1.807, 2.05) is 31.3 Å². The molecule has 114 valence electrons. The van der Waals surface area contributed by atoms with E-state index in [2.05, 4.69) is 29.3 Å². The van der Waals surface area contributed by atoms with E-state index in [-0.39, 0.29) is 5.92 Å². The second-order valence-corrected chi connectivity index (χ2v) is 5.13. The van der Waals surface area contributed by atoms with Crippen molar-refractivity contribution in [1.29, 1.82) is 0 Å². The Morgan fingerprint density at radius 2 is 2.10 bits per heavy atom. The van der Waals surface area contributed by atoms with E-state index in [4.69, 9.17) is 9.26 Å². The monoisotopic (exact) mass is 289 g/mol. The second-order valence-electron chi connectivity index (χ2n) is 5.13. The van der Waals surface area contributed by atoms with Crippen LogP contribution in [-0.4, -0.2) is 30.3 Å². The van der Waals surface area contributed by atoms with Crippen molar-refractivity contribution in [2.75, 3.05) is 14.2 Å². The fraction of sp³-hybridized carbons (Fsp3) is 0.500. The van der Waals surface area contributed by atoms with Crippen molar-refractivity contribution in [2.24, 2.45) is 0 Å². The van der Waals surface area contributed by atoms with Crippen molar-refractivity contribution in [3.8, 4) is 5.75 Å². The van der Waals surface area contributed by atoms with Crippen molar-refractivity contribution in [1.82, 2.24) is 15.5 Å². The molecule has 0 amide bonds. The van der Waals surface area contributed by atoms with E-state index in [1.54, 1.807) is 7.11 Å². The first-order valence-electron chi connectivity index (χ1n) is 7.31. The van der Waals surface area contributed by atoms with Crippen LogP contribution in [-0.2, 0) is 6.42 Å². The van der Waals surface area contributed by atoms with Gasteiger partial charge in [-0.3, -0.25) is 0 Å². The van der Waals surface area contributed by atoms with Gasteiger partial charge in [0.05, 0.1) is 13.0 Å². The molecule has 0 fully saturated rings. The summed E-state index contributed by atoms with van der Waals surface area (Å²) < 4.78 is 10.8. The molecule has 0 aliphatic heterocycles. The molecule has 0 saturated carbocycles. The zero-order valence-electron chi connectivity index (χ0n) is 13.1. The van der Waals surface area contributed by atoms with E-state index < -0.39 is 0 Å². The predicted octanol–water partition coefficient (Wildman–Crippen LogP) is 2.77. The number of hydrogen-bond donors (Lipinski definition) is 1. The third kappa shape index (κ3) is 3.61. The normalized spacial score (nSPS) is 13.9. The lowest BCUT2D eigenvalue weighted by atomic mass is 10.00. The highest BCUT2D eigenvalue weighted by molar-refractivity contribution is 5.35. The van der Waals surface area contributed by atoms with Crippen molar-refractivity contribution >= 4 is 0 Å². The molecule has 2 rings (SSSR count). The van der Waals surface area contributed by atoms with Gasteiger partial charge in [-0.05, 0) is 19.5 Å². The molecule has 0 radical (unpaired) electrons. The zero-order valence-corrected chi connectivity index (χ0v) is 13.1. The summed E-state index contributed by atoms with van der Waals surface area (Å²) in [6, 6.07) is 8.22. The Labute approximate surface area is 125 Å². The van der Waals surface area contributed by atoms with Gasteiger partial charge in [-0.25, -0.2) is 0 Å². The minimum atomic E-state index is 0.193. The fourth-order valence-corrected chi connectivity index (χ4v) is 2.52. The van der Waals surface area contributed by atoms with Gasteiger partial charge in [-0.2, -0.15) is 4.98 Å². The van der Waals surface area contributed by atoms with E-state index in [0.717, 1.165) is 17.7 Å².